The van der Waals surface area contributed by atoms with Crippen molar-refractivity contribution in [2.75, 3.05) is 38.6 Å². The van der Waals surface area contributed by atoms with Gasteiger partial charge in [-0.15, -0.1) is 0 Å². The fraction of sp³-hybridized carbons (Fsp3) is 0.433. The Hall–Kier alpha value is -3.66. The van der Waals surface area contributed by atoms with Crippen LogP contribution in [0.15, 0.2) is 36.5 Å². The minimum Gasteiger partial charge on any atom is -0.473 e. The van der Waals surface area contributed by atoms with Crippen LogP contribution in [0.5, 0.6) is 5.75 Å². The number of fused-ring (bicyclic) bond motifs is 1. The molecule has 3 heterocycles. The van der Waals surface area contributed by atoms with Crippen LogP contribution in [0, 0.1) is 17.5 Å². The summed E-state index contributed by atoms with van der Waals surface area (Å²) in [5.41, 5.74) is 1.96. The van der Waals surface area contributed by atoms with Gasteiger partial charge >= 0.3 is 0 Å². The number of ether oxygens (including phenoxy) is 1. The van der Waals surface area contributed by atoms with Gasteiger partial charge in [0.1, 0.15) is 17.3 Å². The predicted molar refractivity (Wildman–Crippen MR) is 147 cm³/mol. The van der Waals surface area contributed by atoms with E-state index in [-0.39, 0.29) is 59.5 Å². The Kier molecular flexibility index (Phi) is 7.98. The molecular weight excluding hydrogens is 519 g/mol. The van der Waals surface area contributed by atoms with Crippen LogP contribution in [0.2, 0.25) is 0 Å². The Morgan fingerprint density at radius 1 is 1.10 bits per heavy atom. The van der Waals surface area contributed by atoms with E-state index >= 15 is 8.78 Å². The minimum absolute atomic E-state index is 0.0627. The number of hydrogen-bond acceptors (Lipinski definition) is 6. The summed E-state index contributed by atoms with van der Waals surface area (Å²) in [5.74, 6) is -1.62. The molecule has 5 rings (SSSR count). The molecule has 0 saturated carbocycles. The third-order valence-electron chi connectivity index (χ3n) is 7.77. The number of benzene rings is 2. The molecule has 1 amide bonds. The van der Waals surface area contributed by atoms with Crippen molar-refractivity contribution in [3.05, 3.63) is 70.9 Å². The summed E-state index contributed by atoms with van der Waals surface area (Å²) in [6.45, 7) is 5.93. The molecule has 212 valence electrons. The lowest BCUT2D eigenvalue weighted by Gasteiger charge is -2.38. The maximum atomic E-state index is 15.3. The van der Waals surface area contributed by atoms with Crippen LogP contribution in [-0.2, 0) is 11.2 Å². The number of nitrogens with one attached hydrogen (secondary N) is 1. The monoisotopic (exact) mass is 553 g/mol. The second kappa shape index (κ2) is 11.4. The molecule has 2 aliphatic rings. The SMILES string of the molecule is CNC(=O)C1CN(C(C)C)c2cc(-c3nc(Cc4ccc(C5CCN(C)CC5)c(F)c4)ncc3F)cc(F)c2O1. The number of hydrogen-bond donors (Lipinski definition) is 1. The second-order valence-electron chi connectivity index (χ2n) is 10.9. The van der Waals surface area contributed by atoms with Crippen molar-refractivity contribution in [1.29, 1.82) is 0 Å². The van der Waals surface area contributed by atoms with E-state index < -0.39 is 17.7 Å². The van der Waals surface area contributed by atoms with Gasteiger partial charge in [-0.25, -0.2) is 23.1 Å². The average molecular weight is 554 g/mol. The van der Waals surface area contributed by atoms with Gasteiger partial charge in [0.25, 0.3) is 5.91 Å². The predicted octanol–water partition coefficient (Wildman–Crippen LogP) is 4.68. The van der Waals surface area contributed by atoms with Gasteiger partial charge in [0, 0.05) is 25.1 Å². The molecule has 1 saturated heterocycles. The van der Waals surface area contributed by atoms with Crippen LogP contribution >= 0.6 is 0 Å². The zero-order valence-corrected chi connectivity index (χ0v) is 23.2. The average Bonchev–Trinajstić information content (AvgIpc) is 2.93. The topological polar surface area (TPSA) is 70.6 Å². The first kappa shape index (κ1) is 27.9. The van der Waals surface area contributed by atoms with Crippen molar-refractivity contribution in [3.63, 3.8) is 0 Å². The molecule has 1 atom stereocenters. The normalized spacial score (nSPS) is 18.0. The summed E-state index contributed by atoms with van der Waals surface area (Å²) >= 11 is 0. The van der Waals surface area contributed by atoms with Crippen molar-refractivity contribution in [3.8, 4) is 17.0 Å². The zero-order valence-electron chi connectivity index (χ0n) is 23.2. The molecule has 3 aromatic rings. The van der Waals surface area contributed by atoms with Crippen LogP contribution in [0.4, 0.5) is 18.9 Å². The number of aromatic nitrogens is 2. The van der Waals surface area contributed by atoms with Gasteiger partial charge in [-0.3, -0.25) is 4.79 Å². The van der Waals surface area contributed by atoms with E-state index in [2.05, 4.69) is 27.2 Å². The molecule has 1 aromatic heterocycles. The summed E-state index contributed by atoms with van der Waals surface area (Å²) < 4.78 is 51.1. The number of halogens is 3. The Morgan fingerprint density at radius 2 is 1.85 bits per heavy atom. The lowest BCUT2D eigenvalue weighted by molar-refractivity contribution is -0.127. The molecule has 0 aliphatic carbocycles. The van der Waals surface area contributed by atoms with Crippen molar-refractivity contribution in [2.24, 2.45) is 0 Å². The van der Waals surface area contributed by atoms with Gasteiger partial charge in [0.15, 0.2) is 23.5 Å². The lowest BCUT2D eigenvalue weighted by Crippen LogP contribution is -2.50. The fourth-order valence-corrected chi connectivity index (χ4v) is 5.49. The molecule has 0 radical (unpaired) electrons. The van der Waals surface area contributed by atoms with E-state index in [0.717, 1.165) is 43.8 Å². The van der Waals surface area contributed by atoms with Crippen LogP contribution in [0.3, 0.4) is 0 Å². The van der Waals surface area contributed by atoms with E-state index in [0.29, 0.717) is 11.3 Å². The highest BCUT2D eigenvalue weighted by Crippen LogP contribution is 2.40. The first-order valence-electron chi connectivity index (χ1n) is 13.6. The van der Waals surface area contributed by atoms with Crippen molar-refractivity contribution in [1.82, 2.24) is 20.2 Å². The molecule has 1 fully saturated rings. The molecule has 40 heavy (non-hydrogen) atoms. The Labute approximate surface area is 232 Å². The van der Waals surface area contributed by atoms with Crippen LogP contribution in [-0.4, -0.2) is 66.7 Å². The van der Waals surface area contributed by atoms with Crippen LogP contribution in [0.1, 0.15) is 49.6 Å². The van der Waals surface area contributed by atoms with Gasteiger partial charge in [-0.05, 0) is 82.1 Å². The van der Waals surface area contributed by atoms with Crippen LogP contribution < -0.4 is 15.0 Å². The first-order valence-corrected chi connectivity index (χ1v) is 13.6. The van der Waals surface area contributed by atoms with Crippen molar-refractivity contribution >= 4 is 11.6 Å². The number of nitrogens with zero attached hydrogens (tertiary/aromatic N) is 4. The molecule has 2 aromatic carbocycles. The van der Waals surface area contributed by atoms with Crippen molar-refractivity contribution in [2.45, 2.75) is 51.2 Å². The zero-order chi connectivity index (χ0) is 28.6. The molecular formula is C30H34F3N5O2. The van der Waals surface area contributed by atoms with Gasteiger partial charge in [0.2, 0.25) is 0 Å². The number of piperidine rings is 1. The highest BCUT2D eigenvalue weighted by Gasteiger charge is 2.34. The fourth-order valence-electron chi connectivity index (χ4n) is 5.49. The highest BCUT2D eigenvalue weighted by atomic mass is 19.1. The van der Waals surface area contributed by atoms with Crippen LogP contribution in [0.25, 0.3) is 11.3 Å². The third kappa shape index (κ3) is 5.63. The number of anilines is 1. The Morgan fingerprint density at radius 3 is 2.52 bits per heavy atom. The van der Waals surface area contributed by atoms with E-state index in [1.165, 1.54) is 13.1 Å². The van der Waals surface area contributed by atoms with Gasteiger partial charge in [-0.2, -0.15) is 0 Å². The Bertz CT molecular complexity index is 1410. The molecule has 1 unspecified atom stereocenters. The number of likely N-dealkylation sites (tertiary alicyclic amines) is 1. The molecule has 0 spiro atoms. The highest BCUT2D eigenvalue weighted by molar-refractivity contribution is 5.84. The van der Waals surface area contributed by atoms with Crippen molar-refractivity contribution < 1.29 is 22.7 Å². The smallest absolute Gasteiger partial charge is 0.262 e. The number of carbonyl (C=O) groups excluding carboxylic acids is 1. The lowest BCUT2D eigenvalue weighted by atomic mass is 9.88. The third-order valence-corrected chi connectivity index (χ3v) is 7.77. The van der Waals surface area contributed by atoms with E-state index in [1.54, 1.807) is 6.07 Å². The minimum atomic E-state index is -0.881. The number of amides is 1. The summed E-state index contributed by atoms with van der Waals surface area (Å²) in [5, 5.41) is 2.54. The van der Waals surface area contributed by atoms with E-state index in [1.807, 2.05) is 30.9 Å². The van der Waals surface area contributed by atoms with Gasteiger partial charge < -0.3 is 19.9 Å². The van der Waals surface area contributed by atoms with Gasteiger partial charge in [0.05, 0.1) is 18.4 Å². The number of carbonyl (C=O) groups is 1. The number of rotatable bonds is 6. The summed E-state index contributed by atoms with van der Waals surface area (Å²) in [4.78, 5) is 24.8. The molecule has 2 aliphatic heterocycles. The summed E-state index contributed by atoms with van der Waals surface area (Å²) in [6, 6.07) is 7.87. The standard InChI is InChI=1S/C30H34F3N5O2/c1-17(2)38-16-26(30(39)34-3)40-29-23(32)13-20(14-25(29)38)28-24(33)15-35-27(36-28)12-18-5-6-21(22(31)11-18)19-7-9-37(4)10-8-19/h5-6,11,13-15,17,19,26H,7-10,12,16H2,1-4H3,(H,34,39). The quantitative estimate of drug-likeness (QED) is 0.478. The van der Waals surface area contributed by atoms with E-state index in [9.17, 15) is 9.18 Å². The molecule has 0 bridgehead atoms. The van der Waals surface area contributed by atoms with Gasteiger partial charge in [-0.1, -0.05) is 12.1 Å². The molecule has 7 nitrogen and oxygen atoms in total. The molecule has 10 heteroatoms. The first-order chi connectivity index (χ1) is 19.1. The summed E-state index contributed by atoms with van der Waals surface area (Å²) in [6.07, 6.45) is 2.20. The second-order valence-corrected chi connectivity index (χ2v) is 10.9. The van der Waals surface area contributed by atoms with E-state index in [4.69, 9.17) is 4.74 Å². The summed E-state index contributed by atoms with van der Waals surface area (Å²) in [7, 11) is 3.57. The Balaban J connectivity index is 1.42. The maximum absolute atomic E-state index is 15.3. The molecule has 1 N–H and O–H groups in total. The maximum Gasteiger partial charge on any atom is 0.262 e. The largest absolute Gasteiger partial charge is 0.473 e. The number of likely N-dealkylation sites (N-methyl/N-ethyl adjacent to an activating group) is 1.